The van der Waals surface area contributed by atoms with Crippen molar-refractivity contribution in [2.24, 2.45) is 0 Å². The van der Waals surface area contributed by atoms with E-state index < -0.39 is 0 Å². The van der Waals surface area contributed by atoms with E-state index in [4.69, 9.17) is 4.42 Å². The van der Waals surface area contributed by atoms with Crippen molar-refractivity contribution in [3.8, 4) is 0 Å². The Labute approximate surface area is 103 Å². The number of furan rings is 1. The highest BCUT2D eigenvalue weighted by atomic mass is 35.5. The summed E-state index contributed by atoms with van der Waals surface area (Å²) in [7, 11) is 0. The molecule has 88 valence electrons. The van der Waals surface area contributed by atoms with E-state index in [1.165, 1.54) is 5.56 Å². The smallest absolute Gasteiger partial charge is 0.0950 e. The van der Waals surface area contributed by atoms with Gasteiger partial charge in [0.15, 0.2) is 0 Å². The first kappa shape index (κ1) is 14.8. The van der Waals surface area contributed by atoms with E-state index in [0.717, 1.165) is 26.2 Å². The maximum atomic E-state index is 5.08. The second kappa shape index (κ2) is 7.12. The molecule has 2 heterocycles. The van der Waals surface area contributed by atoms with Gasteiger partial charge in [0, 0.05) is 37.8 Å². The van der Waals surface area contributed by atoms with Gasteiger partial charge in [0.1, 0.15) is 0 Å². The molecular formula is C10H18Cl2N2O. The van der Waals surface area contributed by atoms with Gasteiger partial charge in [-0.05, 0) is 13.0 Å². The monoisotopic (exact) mass is 252 g/mol. The Hall–Kier alpha value is -0.220. The highest BCUT2D eigenvalue weighted by molar-refractivity contribution is 5.85. The van der Waals surface area contributed by atoms with Crippen molar-refractivity contribution in [3.63, 3.8) is 0 Å². The minimum absolute atomic E-state index is 0. The van der Waals surface area contributed by atoms with Crippen LogP contribution in [-0.4, -0.2) is 31.1 Å². The first-order valence-corrected chi connectivity index (χ1v) is 4.85. The van der Waals surface area contributed by atoms with E-state index in [0.29, 0.717) is 6.04 Å². The topological polar surface area (TPSA) is 28.4 Å². The van der Waals surface area contributed by atoms with Gasteiger partial charge in [0.25, 0.3) is 0 Å². The quantitative estimate of drug-likeness (QED) is 0.874. The minimum atomic E-state index is 0. The van der Waals surface area contributed by atoms with E-state index in [1.54, 1.807) is 6.26 Å². The van der Waals surface area contributed by atoms with Crippen LogP contribution in [0.5, 0.6) is 0 Å². The molecule has 0 radical (unpaired) electrons. The van der Waals surface area contributed by atoms with Crippen LogP contribution in [0.1, 0.15) is 18.5 Å². The van der Waals surface area contributed by atoms with Gasteiger partial charge in [-0.15, -0.1) is 24.8 Å². The summed E-state index contributed by atoms with van der Waals surface area (Å²) in [6.07, 6.45) is 3.58. The molecule has 1 aliphatic heterocycles. The van der Waals surface area contributed by atoms with Crippen molar-refractivity contribution in [3.05, 3.63) is 24.2 Å². The van der Waals surface area contributed by atoms with Gasteiger partial charge in [-0.25, -0.2) is 0 Å². The molecule has 0 spiro atoms. The molecule has 3 nitrogen and oxygen atoms in total. The average Bonchev–Trinajstić information content (AvgIpc) is 2.71. The van der Waals surface area contributed by atoms with Gasteiger partial charge >= 0.3 is 0 Å². The summed E-state index contributed by atoms with van der Waals surface area (Å²) < 4.78 is 5.08. The zero-order chi connectivity index (χ0) is 9.10. The lowest BCUT2D eigenvalue weighted by atomic mass is 10.1. The molecule has 0 saturated carbocycles. The van der Waals surface area contributed by atoms with Crippen molar-refractivity contribution < 1.29 is 4.42 Å². The Balaban J connectivity index is 0.000000980. The molecule has 1 fully saturated rings. The van der Waals surface area contributed by atoms with Gasteiger partial charge in [0.2, 0.25) is 0 Å². The van der Waals surface area contributed by atoms with Crippen molar-refractivity contribution in [1.82, 2.24) is 10.2 Å². The molecule has 0 aliphatic carbocycles. The summed E-state index contributed by atoms with van der Waals surface area (Å²) in [6, 6.07) is 2.54. The van der Waals surface area contributed by atoms with Crippen molar-refractivity contribution in [1.29, 1.82) is 0 Å². The molecular weight excluding hydrogens is 235 g/mol. The summed E-state index contributed by atoms with van der Waals surface area (Å²) in [6.45, 7) is 6.69. The van der Waals surface area contributed by atoms with Gasteiger partial charge < -0.3 is 9.73 Å². The number of halogens is 2. The molecule has 1 N–H and O–H groups in total. The van der Waals surface area contributed by atoms with Crippen LogP contribution in [0.2, 0.25) is 0 Å². The lowest BCUT2D eigenvalue weighted by Crippen LogP contribution is -2.44. The molecule has 1 aromatic heterocycles. The average molecular weight is 253 g/mol. The Morgan fingerprint density at radius 3 is 2.53 bits per heavy atom. The van der Waals surface area contributed by atoms with Crippen LogP contribution in [0.15, 0.2) is 23.0 Å². The zero-order valence-corrected chi connectivity index (χ0v) is 10.4. The Morgan fingerprint density at radius 2 is 2.00 bits per heavy atom. The number of hydrogen-bond donors (Lipinski definition) is 1. The van der Waals surface area contributed by atoms with Crippen LogP contribution in [0.25, 0.3) is 0 Å². The zero-order valence-electron chi connectivity index (χ0n) is 8.81. The lowest BCUT2D eigenvalue weighted by Gasteiger charge is -2.32. The fourth-order valence-corrected chi connectivity index (χ4v) is 1.79. The third-order valence-corrected chi connectivity index (χ3v) is 2.72. The summed E-state index contributed by atoms with van der Waals surface area (Å²) in [5.41, 5.74) is 1.28. The second-order valence-corrected chi connectivity index (χ2v) is 3.52. The highest BCUT2D eigenvalue weighted by Gasteiger charge is 2.18. The molecule has 1 aromatic rings. The number of hydrogen-bond acceptors (Lipinski definition) is 3. The maximum Gasteiger partial charge on any atom is 0.0950 e. The van der Waals surface area contributed by atoms with Crippen LogP contribution in [0.3, 0.4) is 0 Å². The van der Waals surface area contributed by atoms with E-state index >= 15 is 0 Å². The Kier molecular flexibility index (Phi) is 7.02. The number of rotatable bonds is 2. The van der Waals surface area contributed by atoms with Crippen LogP contribution < -0.4 is 5.32 Å². The third kappa shape index (κ3) is 3.68. The molecule has 0 bridgehead atoms. The molecule has 1 aliphatic rings. The van der Waals surface area contributed by atoms with Gasteiger partial charge in [-0.3, -0.25) is 4.90 Å². The molecule has 15 heavy (non-hydrogen) atoms. The SMILES string of the molecule is C[C@@H](c1ccoc1)N1CCNCC1.Cl.Cl. The predicted molar refractivity (Wildman–Crippen MR) is 66.1 cm³/mol. The van der Waals surface area contributed by atoms with Gasteiger partial charge in [-0.2, -0.15) is 0 Å². The predicted octanol–water partition coefficient (Wildman–Crippen LogP) is 2.09. The third-order valence-electron chi connectivity index (χ3n) is 2.72. The maximum absolute atomic E-state index is 5.08. The Morgan fingerprint density at radius 1 is 1.33 bits per heavy atom. The second-order valence-electron chi connectivity index (χ2n) is 3.52. The summed E-state index contributed by atoms with van der Waals surface area (Å²) >= 11 is 0. The van der Waals surface area contributed by atoms with Crippen molar-refractivity contribution >= 4 is 24.8 Å². The fraction of sp³-hybridized carbons (Fsp3) is 0.600. The van der Waals surface area contributed by atoms with Crippen LogP contribution in [0.4, 0.5) is 0 Å². The normalized spacial score (nSPS) is 18.7. The first-order chi connectivity index (χ1) is 6.38. The van der Waals surface area contributed by atoms with Crippen molar-refractivity contribution in [2.75, 3.05) is 26.2 Å². The highest BCUT2D eigenvalue weighted by Crippen LogP contribution is 2.20. The first-order valence-electron chi connectivity index (χ1n) is 4.85. The molecule has 5 heteroatoms. The van der Waals surface area contributed by atoms with Gasteiger partial charge in [0.05, 0.1) is 12.5 Å². The van der Waals surface area contributed by atoms with Gasteiger partial charge in [-0.1, -0.05) is 0 Å². The lowest BCUT2D eigenvalue weighted by molar-refractivity contribution is 0.185. The summed E-state index contributed by atoms with van der Waals surface area (Å²) in [5, 5.41) is 3.35. The minimum Gasteiger partial charge on any atom is -0.472 e. The standard InChI is InChI=1S/C10H16N2O.2ClH/c1-9(10-2-7-13-8-10)12-5-3-11-4-6-12;;/h2,7-9,11H,3-6H2,1H3;2*1H/t9-;;/m0../s1. The molecule has 1 atom stereocenters. The van der Waals surface area contributed by atoms with E-state index in [1.807, 2.05) is 12.3 Å². The van der Waals surface area contributed by atoms with Crippen LogP contribution >= 0.6 is 24.8 Å². The largest absolute Gasteiger partial charge is 0.472 e. The fourth-order valence-electron chi connectivity index (χ4n) is 1.79. The van der Waals surface area contributed by atoms with E-state index in [2.05, 4.69) is 17.1 Å². The molecule has 0 amide bonds. The summed E-state index contributed by atoms with van der Waals surface area (Å²) in [5.74, 6) is 0. The van der Waals surface area contributed by atoms with E-state index in [-0.39, 0.29) is 24.8 Å². The molecule has 2 rings (SSSR count). The van der Waals surface area contributed by atoms with E-state index in [9.17, 15) is 0 Å². The van der Waals surface area contributed by atoms with Crippen molar-refractivity contribution in [2.45, 2.75) is 13.0 Å². The van der Waals surface area contributed by atoms with Crippen LogP contribution in [0, 0.1) is 0 Å². The molecule has 0 aromatic carbocycles. The van der Waals surface area contributed by atoms with Crippen LogP contribution in [-0.2, 0) is 0 Å². The Bertz CT molecular complexity index is 248. The molecule has 1 saturated heterocycles. The summed E-state index contributed by atoms with van der Waals surface area (Å²) in [4.78, 5) is 2.47. The number of piperazine rings is 1. The number of nitrogens with one attached hydrogen (secondary N) is 1. The molecule has 0 unspecified atom stereocenters. The number of nitrogens with zero attached hydrogens (tertiary/aromatic N) is 1.